The molecule has 1 nitrogen and oxygen atoms in total. The maximum Gasteiger partial charge on any atom is 0.0209 e. The van der Waals surface area contributed by atoms with Crippen LogP contribution in [0.3, 0.4) is 0 Å². The van der Waals surface area contributed by atoms with Crippen LogP contribution in [0.15, 0.2) is 0 Å². The second-order valence-electron chi connectivity index (χ2n) is 4.77. The second-order valence-corrected chi connectivity index (χ2v) is 4.77. The molecule has 0 radical (unpaired) electrons. The molecule has 2 fully saturated rings. The number of hydrogen-bond donors (Lipinski definition) is 0. The molecule has 1 heteroatoms. The van der Waals surface area contributed by atoms with E-state index in [0.29, 0.717) is 5.54 Å². The minimum atomic E-state index is 0.666. The van der Waals surface area contributed by atoms with E-state index >= 15 is 0 Å². The molecule has 1 saturated carbocycles. The molecule has 0 amide bonds. The van der Waals surface area contributed by atoms with Crippen LogP contribution < -0.4 is 0 Å². The first-order chi connectivity index (χ1) is 5.77. The van der Waals surface area contributed by atoms with E-state index in [1.807, 2.05) is 0 Å². The fraction of sp³-hybridized carbons (Fsp3) is 1.00. The van der Waals surface area contributed by atoms with E-state index in [9.17, 15) is 0 Å². The standard InChI is InChI=1S/C11H21N/c1-3-10-5-8-12(2)11(9-10)6-4-7-11/h10H,3-9H2,1-2H3/t10-/m1/s1. The van der Waals surface area contributed by atoms with Crippen molar-refractivity contribution in [2.45, 2.75) is 51.0 Å². The highest BCUT2D eigenvalue weighted by atomic mass is 15.2. The topological polar surface area (TPSA) is 3.24 Å². The summed E-state index contributed by atoms with van der Waals surface area (Å²) >= 11 is 0. The Morgan fingerprint density at radius 2 is 2.17 bits per heavy atom. The third kappa shape index (κ3) is 1.19. The Morgan fingerprint density at radius 1 is 1.42 bits per heavy atom. The van der Waals surface area contributed by atoms with Crippen molar-refractivity contribution < 1.29 is 0 Å². The second kappa shape index (κ2) is 3.02. The number of hydrogen-bond acceptors (Lipinski definition) is 1. The third-order valence-corrected chi connectivity index (χ3v) is 4.21. The van der Waals surface area contributed by atoms with Gasteiger partial charge in [0, 0.05) is 5.54 Å². The third-order valence-electron chi connectivity index (χ3n) is 4.21. The molecule has 0 aromatic heterocycles. The number of likely N-dealkylation sites (tertiary alicyclic amines) is 1. The van der Waals surface area contributed by atoms with Gasteiger partial charge in [-0.2, -0.15) is 0 Å². The summed E-state index contributed by atoms with van der Waals surface area (Å²) in [6, 6.07) is 0. The van der Waals surface area contributed by atoms with Crippen molar-refractivity contribution in [2.24, 2.45) is 5.92 Å². The summed E-state index contributed by atoms with van der Waals surface area (Å²) in [5.41, 5.74) is 0.666. The van der Waals surface area contributed by atoms with Crippen LogP contribution in [0.1, 0.15) is 45.4 Å². The Morgan fingerprint density at radius 3 is 2.67 bits per heavy atom. The molecular formula is C11H21N. The lowest BCUT2D eigenvalue weighted by molar-refractivity contribution is -0.0199. The van der Waals surface area contributed by atoms with E-state index in [0.717, 1.165) is 5.92 Å². The minimum Gasteiger partial charge on any atom is -0.301 e. The van der Waals surface area contributed by atoms with Crippen molar-refractivity contribution >= 4 is 0 Å². The molecule has 1 saturated heterocycles. The van der Waals surface area contributed by atoms with E-state index in [4.69, 9.17) is 0 Å². The van der Waals surface area contributed by atoms with E-state index in [1.165, 1.54) is 45.1 Å². The monoisotopic (exact) mass is 167 g/mol. The van der Waals surface area contributed by atoms with Crippen LogP contribution in [0.5, 0.6) is 0 Å². The highest BCUT2D eigenvalue weighted by Crippen LogP contribution is 2.45. The van der Waals surface area contributed by atoms with Gasteiger partial charge in [0.2, 0.25) is 0 Å². The van der Waals surface area contributed by atoms with Gasteiger partial charge in [0.1, 0.15) is 0 Å². The van der Waals surface area contributed by atoms with Crippen molar-refractivity contribution in [1.82, 2.24) is 4.90 Å². The molecule has 70 valence electrons. The Kier molecular flexibility index (Phi) is 2.16. The molecular weight excluding hydrogens is 146 g/mol. The van der Waals surface area contributed by atoms with Gasteiger partial charge in [0.05, 0.1) is 0 Å². The van der Waals surface area contributed by atoms with Gasteiger partial charge in [-0.3, -0.25) is 0 Å². The van der Waals surface area contributed by atoms with Gasteiger partial charge in [0.25, 0.3) is 0 Å². The minimum absolute atomic E-state index is 0.666. The van der Waals surface area contributed by atoms with Crippen LogP contribution in [0, 0.1) is 5.92 Å². The van der Waals surface area contributed by atoms with Gasteiger partial charge < -0.3 is 4.90 Å². The van der Waals surface area contributed by atoms with Crippen molar-refractivity contribution in [2.75, 3.05) is 13.6 Å². The Hall–Kier alpha value is -0.0400. The lowest BCUT2D eigenvalue weighted by Crippen LogP contribution is -2.56. The molecule has 0 N–H and O–H groups in total. The predicted molar refractivity (Wildman–Crippen MR) is 52.2 cm³/mol. The summed E-state index contributed by atoms with van der Waals surface area (Å²) in [7, 11) is 2.32. The summed E-state index contributed by atoms with van der Waals surface area (Å²) < 4.78 is 0. The molecule has 2 aliphatic rings. The van der Waals surface area contributed by atoms with Crippen molar-refractivity contribution in [3.05, 3.63) is 0 Å². The zero-order chi connectivity index (χ0) is 8.60. The first kappa shape index (κ1) is 8.55. The molecule has 12 heavy (non-hydrogen) atoms. The average molecular weight is 167 g/mol. The summed E-state index contributed by atoms with van der Waals surface area (Å²) in [4.78, 5) is 2.63. The van der Waals surface area contributed by atoms with Crippen molar-refractivity contribution in [1.29, 1.82) is 0 Å². The Bertz CT molecular complexity index is 160. The fourth-order valence-electron chi connectivity index (χ4n) is 2.93. The number of nitrogens with zero attached hydrogens (tertiary/aromatic N) is 1. The summed E-state index contributed by atoms with van der Waals surface area (Å²) in [6.45, 7) is 3.70. The van der Waals surface area contributed by atoms with Gasteiger partial charge in [-0.1, -0.05) is 13.3 Å². The SMILES string of the molecule is CC[C@@H]1CCN(C)C2(CCC2)C1. The van der Waals surface area contributed by atoms with Crippen LogP contribution in [0.4, 0.5) is 0 Å². The van der Waals surface area contributed by atoms with Crippen LogP contribution >= 0.6 is 0 Å². The van der Waals surface area contributed by atoms with Crippen molar-refractivity contribution in [3.63, 3.8) is 0 Å². The zero-order valence-corrected chi connectivity index (χ0v) is 8.47. The molecule has 1 aliphatic heterocycles. The molecule has 1 spiro atoms. The molecule has 0 aromatic rings. The Balaban J connectivity index is 2.00. The van der Waals surface area contributed by atoms with Crippen molar-refractivity contribution in [3.8, 4) is 0 Å². The molecule has 0 bridgehead atoms. The smallest absolute Gasteiger partial charge is 0.0209 e. The summed E-state index contributed by atoms with van der Waals surface area (Å²) in [5, 5.41) is 0. The first-order valence-electron chi connectivity index (χ1n) is 5.48. The lowest BCUT2D eigenvalue weighted by Gasteiger charge is -2.54. The molecule has 0 aromatic carbocycles. The largest absolute Gasteiger partial charge is 0.301 e. The maximum absolute atomic E-state index is 2.63. The van der Waals surface area contributed by atoms with Gasteiger partial charge >= 0.3 is 0 Å². The van der Waals surface area contributed by atoms with Gasteiger partial charge in [-0.05, 0) is 51.6 Å². The Labute approximate surface area is 76.1 Å². The quantitative estimate of drug-likeness (QED) is 0.580. The number of rotatable bonds is 1. The molecule has 1 heterocycles. The molecule has 2 rings (SSSR count). The average Bonchev–Trinajstić information content (AvgIpc) is 2.03. The molecule has 0 unspecified atom stereocenters. The van der Waals surface area contributed by atoms with E-state index in [-0.39, 0.29) is 0 Å². The number of piperidine rings is 1. The first-order valence-corrected chi connectivity index (χ1v) is 5.48. The highest BCUT2D eigenvalue weighted by molar-refractivity contribution is 5.00. The predicted octanol–water partition coefficient (Wildman–Crippen LogP) is 2.66. The molecule has 1 aliphatic carbocycles. The van der Waals surface area contributed by atoms with E-state index in [1.54, 1.807) is 0 Å². The van der Waals surface area contributed by atoms with Crippen LogP contribution in [-0.4, -0.2) is 24.0 Å². The fourth-order valence-corrected chi connectivity index (χ4v) is 2.93. The van der Waals surface area contributed by atoms with E-state index in [2.05, 4.69) is 18.9 Å². The lowest BCUT2D eigenvalue weighted by atomic mass is 9.67. The highest BCUT2D eigenvalue weighted by Gasteiger charge is 2.44. The summed E-state index contributed by atoms with van der Waals surface area (Å²) in [5.74, 6) is 1.03. The van der Waals surface area contributed by atoms with Crippen LogP contribution in [0.2, 0.25) is 0 Å². The van der Waals surface area contributed by atoms with Crippen LogP contribution in [0.25, 0.3) is 0 Å². The van der Waals surface area contributed by atoms with Gasteiger partial charge in [0.15, 0.2) is 0 Å². The summed E-state index contributed by atoms with van der Waals surface area (Å²) in [6.07, 6.45) is 8.74. The van der Waals surface area contributed by atoms with Gasteiger partial charge in [-0.15, -0.1) is 0 Å². The van der Waals surface area contributed by atoms with E-state index < -0.39 is 0 Å². The maximum atomic E-state index is 2.63. The normalized spacial score (nSPS) is 35.0. The van der Waals surface area contributed by atoms with Crippen LogP contribution in [-0.2, 0) is 0 Å². The van der Waals surface area contributed by atoms with Gasteiger partial charge in [-0.25, -0.2) is 0 Å². The zero-order valence-electron chi connectivity index (χ0n) is 8.47. The molecule has 1 atom stereocenters.